The number of nitrogens with two attached hydrogens (primary N) is 1. The molecule has 0 saturated heterocycles. The van der Waals surface area contributed by atoms with Crippen molar-refractivity contribution in [3.05, 3.63) is 61.7 Å². The van der Waals surface area contributed by atoms with Crippen molar-refractivity contribution in [2.45, 2.75) is 71.1 Å². The van der Waals surface area contributed by atoms with E-state index in [1.807, 2.05) is 13.0 Å². The Morgan fingerprint density at radius 2 is 2.08 bits per heavy atom. The van der Waals surface area contributed by atoms with Crippen LogP contribution in [0.25, 0.3) is 22.3 Å². The van der Waals surface area contributed by atoms with E-state index in [-0.39, 0.29) is 35.9 Å². The normalized spacial score (nSPS) is 19.3. The number of esters is 1. The largest absolute Gasteiger partial charge is 0.460 e. The van der Waals surface area contributed by atoms with E-state index in [4.69, 9.17) is 15.5 Å². The molecule has 9 heteroatoms. The number of aryl methyl sites for hydroxylation is 1. The maximum atomic E-state index is 14.9. The second kappa shape index (κ2) is 8.76. The van der Waals surface area contributed by atoms with Gasteiger partial charge in [-0.1, -0.05) is 6.92 Å². The van der Waals surface area contributed by atoms with Crippen LogP contribution in [-0.2, 0) is 33.9 Å². The van der Waals surface area contributed by atoms with Crippen LogP contribution >= 0.6 is 0 Å². The van der Waals surface area contributed by atoms with E-state index in [9.17, 15) is 18.8 Å². The third-order valence-electron chi connectivity index (χ3n) is 8.14. The summed E-state index contributed by atoms with van der Waals surface area (Å²) in [5.74, 6) is -1.24. The molecule has 0 bridgehead atoms. The minimum absolute atomic E-state index is 0.0449. The number of carbonyl (C=O) groups is 2. The molecule has 2 unspecified atom stereocenters. The lowest BCUT2D eigenvalue weighted by atomic mass is 9.81. The number of benzene rings is 1. The molecule has 6 rings (SSSR count). The van der Waals surface area contributed by atoms with Gasteiger partial charge in [-0.25, -0.2) is 9.37 Å². The lowest BCUT2D eigenvalue weighted by Crippen LogP contribution is -2.33. The van der Waals surface area contributed by atoms with E-state index in [1.54, 1.807) is 11.5 Å². The molecule has 2 aromatic heterocycles. The predicted octanol–water partition coefficient (Wildman–Crippen LogP) is 3.27. The fourth-order valence-electron chi connectivity index (χ4n) is 6.25. The Balaban J connectivity index is 1.58. The highest BCUT2D eigenvalue weighted by Crippen LogP contribution is 2.45. The molecule has 2 atom stereocenters. The highest BCUT2D eigenvalue weighted by atomic mass is 19.1. The first-order chi connectivity index (χ1) is 17.8. The second-order valence-electron chi connectivity index (χ2n) is 10.2. The van der Waals surface area contributed by atoms with E-state index >= 15 is 0 Å². The zero-order chi connectivity index (χ0) is 26.0. The van der Waals surface area contributed by atoms with Crippen molar-refractivity contribution in [3.8, 4) is 11.4 Å². The van der Waals surface area contributed by atoms with Crippen LogP contribution in [-0.4, -0.2) is 28.0 Å². The Morgan fingerprint density at radius 1 is 1.27 bits per heavy atom. The van der Waals surface area contributed by atoms with Crippen LogP contribution in [0.4, 0.5) is 4.39 Å². The third kappa shape index (κ3) is 3.51. The average Bonchev–Trinajstić information content (AvgIpc) is 3.25. The van der Waals surface area contributed by atoms with Crippen LogP contribution in [0, 0.1) is 12.7 Å². The van der Waals surface area contributed by atoms with Crippen molar-refractivity contribution in [2.75, 3.05) is 6.54 Å². The van der Waals surface area contributed by atoms with Gasteiger partial charge >= 0.3 is 5.97 Å². The number of fused-ring (bicyclic) bond motifs is 5. The van der Waals surface area contributed by atoms with Gasteiger partial charge in [0.2, 0.25) is 5.91 Å². The maximum Gasteiger partial charge on any atom is 0.313 e. The van der Waals surface area contributed by atoms with Crippen LogP contribution in [0.2, 0.25) is 0 Å². The molecule has 1 aliphatic carbocycles. The van der Waals surface area contributed by atoms with Crippen LogP contribution in [0.1, 0.15) is 77.9 Å². The lowest BCUT2D eigenvalue weighted by Gasteiger charge is -2.29. The van der Waals surface area contributed by atoms with E-state index in [0.717, 1.165) is 22.1 Å². The van der Waals surface area contributed by atoms with Gasteiger partial charge in [0.1, 0.15) is 12.4 Å². The molecule has 192 valence electrons. The van der Waals surface area contributed by atoms with Crippen molar-refractivity contribution in [1.29, 1.82) is 0 Å². The number of nitrogens with zero attached hydrogens (tertiary/aromatic N) is 2. The van der Waals surface area contributed by atoms with Gasteiger partial charge in [-0.3, -0.25) is 14.4 Å². The van der Waals surface area contributed by atoms with Gasteiger partial charge < -0.3 is 20.4 Å². The number of ether oxygens (including phenoxy) is 1. The maximum absolute atomic E-state index is 14.9. The summed E-state index contributed by atoms with van der Waals surface area (Å²) in [6, 6.07) is 3.04. The van der Waals surface area contributed by atoms with E-state index in [2.05, 4.69) is 5.32 Å². The smallest absolute Gasteiger partial charge is 0.313 e. The van der Waals surface area contributed by atoms with E-state index in [0.29, 0.717) is 78.8 Å². The molecule has 8 nitrogen and oxygen atoms in total. The standard InChI is InChI=1S/C28H29FN4O4/c1-3-14-16-9-22-26-17(11-33(22)27(35)18(16)12-37-28(14)36)25-20(31-23(34)5-4-8-30)7-6-15-13(2)19(29)10-21(32-26)24(15)25/h9-10,14,20H,3-8,11-12,30H2,1-2H3,(H,31,34). The highest BCUT2D eigenvalue weighted by Gasteiger charge is 2.37. The number of amides is 1. The van der Waals surface area contributed by atoms with Gasteiger partial charge in [0.25, 0.3) is 5.56 Å². The molecule has 0 fully saturated rings. The molecule has 0 spiro atoms. The quantitative estimate of drug-likeness (QED) is 0.403. The van der Waals surface area contributed by atoms with E-state index in [1.165, 1.54) is 6.07 Å². The third-order valence-corrected chi connectivity index (χ3v) is 8.14. The zero-order valence-corrected chi connectivity index (χ0v) is 20.9. The summed E-state index contributed by atoms with van der Waals surface area (Å²) in [5.41, 5.74) is 11.6. The molecule has 1 amide bonds. The molecule has 2 aliphatic heterocycles. The van der Waals surface area contributed by atoms with Crippen LogP contribution in [0.3, 0.4) is 0 Å². The number of nitrogens with one attached hydrogen (secondary N) is 1. The Morgan fingerprint density at radius 3 is 2.84 bits per heavy atom. The number of rotatable bonds is 5. The Bertz CT molecular complexity index is 1560. The van der Waals surface area contributed by atoms with Crippen molar-refractivity contribution >= 4 is 22.8 Å². The van der Waals surface area contributed by atoms with Crippen LogP contribution < -0.4 is 16.6 Å². The van der Waals surface area contributed by atoms with Crippen molar-refractivity contribution in [2.24, 2.45) is 5.73 Å². The summed E-state index contributed by atoms with van der Waals surface area (Å²) in [6.45, 7) is 4.35. The fraction of sp³-hybridized carbons (Fsp3) is 0.429. The fourth-order valence-corrected chi connectivity index (χ4v) is 6.25. The minimum Gasteiger partial charge on any atom is -0.460 e. The predicted molar refractivity (Wildman–Crippen MR) is 136 cm³/mol. The summed E-state index contributed by atoms with van der Waals surface area (Å²) >= 11 is 0. The number of cyclic esters (lactones) is 1. The summed E-state index contributed by atoms with van der Waals surface area (Å²) < 4.78 is 21.9. The molecule has 0 saturated carbocycles. The SMILES string of the molecule is CCC1C(=O)OCc2c1cc1n(c2=O)Cc2c-1nc1cc(F)c(C)c3c1c2C(NC(=O)CCCN)CC3. The second-order valence-corrected chi connectivity index (χ2v) is 10.2. The van der Waals surface area contributed by atoms with Crippen molar-refractivity contribution in [1.82, 2.24) is 14.9 Å². The molecule has 0 radical (unpaired) electrons. The first-order valence-electron chi connectivity index (χ1n) is 12.9. The van der Waals surface area contributed by atoms with Gasteiger partial charge in [0.05, 0.1) is 41.0 Å². The van der Waals surface area contributed by atoms with Gasteiger partial charge in [0, 0.05) is 23.4 Å². The molecular weight excluding hydrogens is 475 g/mol. The molecule has 3 aliphatic rings. The van der Waals surface area contributed by atoms with Crippen LogP contribution in [0.5, 0.6) is 0 Å². The molecule has 3 N–H and O–H groups in total. The van der Waals surface area contributed by atoms with Gasteiger partial charge in [0.15, 0.2) is 0 Å². The van der Waals surface area contributed by atoms with Crippen molar-refractivity contribution in [3.63, 3.8) is 0 Å². The number of halogens is 1. The van der Waals surface area contributed by atoms with E-state index < -0.39 is 5.92 Å². The number of hydrogen-bond acceptors (Lipinski definition) is 6. The van der Waals surface area contributed by atoms with Gasteiger partial charge in [-0.05, 0) is 67.5 Å². The molecular formula is C28H29FN4O4. The zero-order valence-electron chi connectivity index (χ0n) is 20.9. The average molecular weight is 505 g/mol. The number of pyridine rings is 2. The molecule has 37 heavy (non-hydrogen) atoms. The van der Waals surface area contributed by atoms with Gasteiger partial charge in [-0.15, -0.1) is 0 Å². The summed E-state index contributed by atoms with van der Waals surface area (Å²) in [6.07, 6.45) is 2.68. The Hall–Kier alpha value is -3.59. The summed E-state index contributed by atoms with van der Waals surface area (Å²) in [4.78, 5) is 43.6. The van der Waals surface area contributed by atoms with Crippen LogP contribution in [0.15, 0.2) is 16.9 Å². The summed E-state index contributed by atoms with van der Waals surface area (Å²) in [7, 11) is 0. The Kier molecular flexibility index (Phi) is 5.63. The number of carbonyl (C=O) groups excluding carboxylic acids is 2. The monoisotopic (exact) mass is 504 g/mol. The number of aromatic nitrogens is 2. The number of hydrogen-bond donors (Lipinski definition) is 2. The first kappa shape index (κ1) is 23.8. The summed E-state index contributed by atoms with van der Waals surface area (Å²) in [5, 5.41) is 4.03. The lowest BCUT2D eigenvalue weighted by molar-refractivity contribution is -0.148. The molecule has 4 heterocycles. The Labute approximate surface area is 213 Å². The minimum atomic E-state index is -0.508. The van der Waals surface area contributed by atoms with Gasteiger partial charge in [-0.2, -0.15) is 0 Å². The first-order valence-corrected chi connectivity index (χ1v) is 12.9. The molecule has 3 aromatic rings. The highest BCUT2D eigenvalue weighted by molar-refractivity contribution is 5.93. The molecule has 1 aromatic carbocycles. The topological polar surface area (TPSA) is 116 Å². The van der Waals surface area contributed by atoms with Crippen molar-refractivity contribution < 1.29 is 18.7 Å².